The van der Waals surface area contributed by atoms with Crippen molar-refractivity contribution in [1.29, 1.82) is 0 Å². The van der Waals surface area contributed by atoms with Gasteiger partial charge in [0.25, 0.3) is 11.9 Å². The zero-order valence-electron chi connectivity index (χ0n) is 32.2. The summed E-state index contributed by atoms with van der Waals surface area (Å²) in [6.07, 6.45) is -24.0. The van der Waals surface area contributed by atoms with E-state index in [0.717, 1.165) is 6.07 Å². The first-order chi connectivity index (χ1) is 29.6. The van der Waals surface area contributed by atoms with Gasteiger partial charge in [0.1, 0.15) is 108 Å². The van der Waals surface area contributed by atoms with Gasteiger partial charge < -0.3 is 104 Å². The summed E-state index contributed by atoms with van der Waals surface area (Å²) in [5.74, 6) is -1.41. The summed E-state index contributed by atoms with van der Waals surface area (Å²) < 4.78 is 43.8. The van der Waals surface area contributed by atoms with Crippen molar-refractivity contribution in [2.45, 2.75) is 98.2 Å². The first-order valence-electron chi connectivity index (χ1n) is 19.2. The van der Waals surface area contributed by atoms with Gasteiger partial charge in [0.05, 0.1) is 30.4 Å². The van der Waals surface area contributed by atoms with Crippen molar-refractivity contribution in [2.75, 3.05) is 19.8 Å². The van der Waals surface area contributed by atoms with Gasteiger partial charge in [-0.15, -0.1) is 0 Å². The van der Waals surface area contributed by atoms with Crippen molar-refractivity contribution in [3.8, 4) is 28.7 Å². The van der Waals surface area contributed by atoms with E-state index in [1.165, 1.54) is 60.7 Å². The van der Waals surface area contributed by atoms with Gasteiger partial charge in [0.2, 0.25) is 18.9 Å². The fourth-order valence-corrected chi connectivity index (χ4v) is 7.13. The van der Waals surface area contributed by atoms with Gasteiger partial charge in [0.15, 0.2) is 5.76 Å². The highest BCUT2D eigenvalue weighted by Crippen LogP contribution is 2.46. The Morgan fingerprint density at radius 3 is 1.63 bits per heavy atom. The smallest absolute Gasteiger partial charge is 0.338 e. The lowest BCUT2D eigenvalue weighted by atomic mass is 9.98. The lowest BCUT2D eigenvalue weighted by Gasteiger charge is -2.40. The van der Waals surface area contributed by atoms with E-state index in [1.54, 1.807) is 0 Å². The number of ether oxygens (including phenoxy) is 8. The summed E-state index contributed by atoms with van der Waals surface area (Å²) in [7, 11) is 0. The van der Waals surface area contributed by atoms with Crippen LogP contribution >= 0.6 is 0 Å². The van der Waals surface area contributed by atoms with E-state index in [0.29, 0.717) is 5.56 Å². The number of carbonyl (C=O) groups excluding carboxylic acids is 1. The van der Waals surface area contributed by atoms with Crippen LogP contribution in [0.25, 0.3) is 6.08 Å². The molecular weight excluding hydrogens is 832 g/mol. The van der Waals surface area contributed by atoms with Crippen LogP contribution in [0.1, 0.15) is 27.6 Å². The molecule has 0 saturated carbocycles. The Morgan fingerprint density at radius 2 is 1.08 bits per heavy atom. The topological polar surface area (TPSA) is 357 Å². The summed E-state index contributed by atoms with van der Waals surface area (Å²) in [6.45, 7) is -2.02. The third kappa shape index (κ3) is 9.25. The predicted octanol–water partition coefficient (Wildman–Crippen LogP) is -3.53. The summed E-state index contributed by atoms with van der Waals surface area (Å²) in [4.78, 5) is 12.9. The molecule has 22 heteroatoms. The van der Waals surface area contributed by atoms with Crippen LogP contribution in [0.4, 0.5) is 0 Å². The van der Waals surface area contributed by atoms with Gasteiger partial charge in [0, 0.05) is 12.1 Å². The van der Waals surface area contributed by atoms with Gasteiger partial charge in [-0.1, -0.05) is 0 Å². The van der Waals surface area contributed by atoms with Gasteiger partial charge in [-0.3, -0.25) is 0 Å². The van der Waals surface area contributed by atoms with Crippen LogP contribution in [0.3, 0.4) is 0 Å². The van der Waals surface area contributed by atoms with E-state index in [-0.39, 0.29) is 39.9 Å². The largest absolute Gasteiger partial charge is 0.571 e. The molecule has 22 nitrogen and oxygen atoms in total. The highest BCUT2D eigenvalue weighted by atomic mass is 16.7. The molecule has 4 aliphatic rings. The van der Waals surface area contributed by atoms with Crippen molar-refractivity contribution in [3.63, 3.8) is 0 Å². The molecule has 4 aliphatic heterocycles. The standard InChI is InChI=1S/C40H46O22/c41-12-24-27(45)30(48)33(51)38(60-24)56-18-7-3-16(4-8-18)37(54)55-14-26-29(47)32(50)34(52)39(62-26)57-19-9-21(44)20-11-23(59-40-35(53)31(49)28(46)25(13-42)61-40)36(58-22(20)10-19)15-1-5-17(43)6-2-15/h1-11,24-36,38-53H,12-14H2/p+1/t24-,25-,26-,27-,28-,29-,30+,31+,32+,33-,34-,35-,36?,38-,39-,40-/m1/s1. The molecule has 1 unspecified atom stereocenters. The van der Waals surface area contributed by atoms with Gasteiger partial charge in [-0.2, -0.15) is 0 Å². The fourth-order valence-electron chi connectivity index (χ4n) is 7.13. The summed E-state index contributed by atoms with van der Waals surface area (Å²) in [5, 5.41) is 134. The quantitative estimate of drug-likeness (QED) is 0.0619. The van der Waals surface area contributed by atoms with E-state index in [1.807, 2.05) is 0 Å². The maximum absolute atomic E-state index is 12.9. The minimum atomic E-state index is -1.86. The zero-order chi connectivity index (χ0) is 44.6. The first-order valence-corrected chi connectivity index (χ1v) is 19.2. The Hall–Kier alpha value is -4.89. The third-order valence-electron chi connectivity index (χ3n) is 10.7. The predicted molar refractivity (Wildman–Crippen MR) is 202 cm³/mol. The van der Waals surface area contributed by atoms with Crippen LogP contribution in [0.2, 0.25) is 0 Å². The Labute approximate surface area is 350 Å². The summed E-state index contributed by atoms with van der Waals surface area (Å²) in [6, 6.07) is 13.4. The number of aromatic hydroxyl groups is 3. The summed E-state index contributed by atoms with van der Waals surface area (Å²) in [5.41, 5.74) is 0.498. The Kier molecular flexibility index (Phi) is 13.7. The molecule has 16 atom stereocenters. The molecule has 14 N–H and O–H groups in total. The Morgan fingerprint density at radius 1 is 0.581 bits per heavy atom. The molecule has 3 fully saturated rings. The van der Waals surface area contributed by atoms with Crippen molar-refractivity contribution >= 4 is 12.0 Å². The van der Waals surface area contributed by atoms with E-state index in [9.17, 15) is 71.2 Å². The maximum atomic E-state index is 12.9. The second kappa shape index (κ2) is 18.8. The number of aliphatic hydroxyl groups is 12. The molecule has 3 aromatic rings. The summed E-state index contributed by atoms with van der Waals surface area (Å²) >= 11 is 0. The van der Waals surface area contributed by atoms with Crippen LogP contribution in [0.5, 0.6) is 28.7 Å². The number of phenolic OH excluding ortho intramolecular Hbond substituents is 2. The molecule has 62 heavy (non-hydrogen) atoms. The minimum Gasteiger partial charge on any atom is -0.571 e. The van der Waals surface area contributed by atoms with Gasteiger partial charge in [-0.05, 0) is 48.5 Å². The molecule has 0 aromatic heterocycles. The van der Waals surface area contributed by atoms with E-state index < -0.39 is 130 Å². The number of phenols is 2. The van der Waals surface area contributed by atoms with E-state index in [4.69, 9.17) is 33.2 Å². The van der Waals surface area contributed by atoms with Crippen LogP contribution < -0.4 is 9.47 Å². The second-order valence-electron chi connectivity index (χ2n) is 14.9. The Balaban J connectivity index is 1.03. The molecule has 4 heterocycles. The lowest BCUT2D eigenvalue weighted by Crippen LogP contribution is -2.60. The van der Waals surface area contributed by atoms with Crippen molar-refractivity contribution < 1.29 is 109 Å². The number of hydrogen-bond acceptors (Lipinski definition) is 21. The number of rotatable bonds is 12. The highest BCUT2D eigenvalue weighted by Gasteiger charge is 2.48. The fraction of sp³-hybridized carbons (Fsp3) is 0.475. The van der Waals surface area contributed by atoms with Crippen LogP contribution in [-0.2, 0) is 23.7 Å². The van der Waals surface area contributed by atoms with Gasteiger partial charge >= 0.3 is 5.97 Å². The number of carbonyl (C=O) groups is 1. The molecule has 0 amide bonds. The molecule has 0 spiro atoms. The monoisotopic (exact) mass is 879 g/mol. The molecule has 0 radical (unpaired) electrons. The molecule has 0 aliphatic carbocycles. The second-order valence-corrected chi connectivity index (χ2v) is 14.9. The SMILES string of the molecule is O=C(OC[C@H]1O[C@@H](Oc2cc(O)c3c(c2)[OH+]C(c2ccc(O)cc2)C(O[C@@H]2O[C@H](CO)[C@@H](O)[C@H](O)[C@H]2O)=C3)[C@H](O)[C@@H](O)[C@@H]1O)c1ccc(O[C@@H]2O[C@H](CO)[C@@H](O)[C@H](O)[C@H]2O)cc1. The van der Waals surface area contributed by atoms with Crippen LogP contribution in [-0.4, -0.2) is 189 Å². The van der Waals surface area contributed by atoms with E-state index in [2.05, 4.69) is 4.74 Å². The van der Waals surface area contributed by atoms with Crippen molar-refractivity contribution in [2.24, 2.45) is 0 Å². The number of hydrogen-bond donors (Lipinski definition) is 13. The van der Waals surface area contributed by atoms with Gasteiger partial charge in [-0.25, -0.2) is 4.79 Å². The molecule has 7 rings (SSSR count). The molecule has 3 saturated heterocycles. The zero-order valence-corrected chi connectivity index (χ0v) is 32.2. The molecular formula is C40H47O22+. The number of fused-ring (bicyclic) bond motifs is 1. The number of benzene rings is 3. The maximum Gasteiger partial charge on any atom is 0.338 e. The average Bonchev–Trinajstić information content (AvgIpc) is 3.26. The normalized spacial score (nSPS) is 35.8. The number of esters is 1. The van der Waals surface area contributed by atoms with Crippen molar-refractivity contribution in [1.82, 2.24) is 0 Å². The van der Waals surface area contributed by atoms with E-state index >= 15 is 0 Å². The highest BCUT2D eigenvalue weighted by molar-refractivity contribution is 5.89. The molecule has 338 valence electrons. The molecule has 3 aromatic carbocycles. The average molecular weight is 880 g/mol. The minimum absolute atomic E-state index is 0.0143. The molecule has 0 bridgehead atoms. The Bertz CT molecular complexity index is 2030. The van der Waals surface area contributed by atoms with Crippen LogP contribution in [0.15, 0.2) is 66.4 Å². The van der Waals surface area contributed by atoms with Crippen molar-refractivity contribution in [3.05, 3.63) is 83.1 Å². The lowest BCUT2D eigenvalue weighted by molar-refractivity contribution is -0.295. The van der Waals surface area contributed by atoms with Crippen LogP contribution in [0, 0.1) is 0 Å². The first kappa shape index (κ1) is 45.1. The third-order valence-corrected chi connectivity index (χ3v) is 10.7. The number of aliphatic hydroxyl groups excluding tert-OH is 11.